The van der Waals surface area contributed by atoms with Gasteiger partial charge in [-0.3, -0.25) is 4.21 Å². The first-order valence-electron chi connectivity index (χ1n) is 8.85. The fourth-order valence-corrected chi connectivity index (χ4v) is 4.12. The smallest absolute Gasteiger partial charge is 0.163 e. The van der Waals surface area contributed by atoms with Crippen LogP contribution in [0.25, 0.3) is 0 Å². The Kier molecular flexibility index (Phi) is 6.24. The summed E-state index contributed by atoms with van der Waals surface area (Å²) in [7, 11) is -1.16. The summed E-state index contributed by atoms with van der Waals surface area (Å²) >= 11 is 0. The van der Waals surface area contributed by atoms with Crippen molar-refractivity contribution in [3.63, 3.8) is 0 Å². The normalized spacial score (nSPS) is 21.4. The van der Waals surface area contributed by atoms with Gasteiger partial charge in [0.05, 0.1) is 35.9 Å². The van der Waals surface area contributed by atoms with E-state index >= 15 is 0 Å². The Bertz CT molecular complexity index is 727. The molecule has 0 saturated carbocycles. The molecule has 0 amide bonds. The number of rotatable bonds is 7. The van der Waals surface area contributed by atoms with E-state index in [-0.39, 0.29) is 12.2 Å². The molecule has 4 nitrogen and oxygen atoms in total. The van der Waals surface area contributed by atoms with Crippen molar-refractivity contribution in [1.82, 2.24) is 0 Å². The molecule has 0 aliphatic carbocycles. The maximum Gasteiger partial charge on any atom is 0.163 e. The molecule has 1 fully saturated rings. The molecule has 1 aliphatic heterocycles. The van der Waals surface area contributed by atoms with Crippen LogP contribution in [-0.4, -0.2) is 34.6 Å². The Balaban J connectivity index is 1.69. The van der Waals surface area contributed by atoms with E-state index in [4.69, 9.17) is 14.2 Å². The maximum atomic E-state index is 12.8. The second-order valence-corrected chi connectivity index (χ2v) is 8.52. The van der Waals surface area contributed by atoms with Gasteiger partial charge in [0, 0.05) is 4.90 Å². The zero-order chi connectivity index (χ0) is 18.6. The van der Waals surface area contributed by atoms with Crippen LogP contribution < -0.4 is 0 Å². The van der Waals surface area contributed by atoms with Gasteiger partial charge in [-0.15, -0.1) is 0 Å². The quantitative estimate of drug-likeness (QED) is 0.739. The molecule has 5 heteroatoms. The highest BCUT2D eigenvalue weighted by Crippen LogP contribution is 2.27. The average Bonchev–Trinajstić information content (AvgIpc) is 2.99. The van der Waals surface area contributed by atoms with Gasteiger partial charge in [0.25, 0.3) is 0 Å². The van der Waals surface area contributed by atoms with Crippen molar-refractivity contribution in [3.8, 4) is 0 Å². The van der Waals surface area contributed by atoms with Crippen LogP contribution in [0.5, 0.6) is 0 Å². The van der Waals surface area contributed by atoms with Crippen LogP contribution >= 0.6 is 0 Å². The number of aryl methyl sites for hydroxylation is 1. The van der Waals surface area contributed by atoms with Gasteiger partial charge in [-0.05, 0) is 38.5 Å². The Morgan fingerprint density at radius 2 is 1.85 bits per heavy atom. The Morgan fingerprint density at radius 3 is 2.46 bits per heavy atom. The molecule has 26 heavy (non-hydrogen) atoms. The fourth-order valence-electron chi connectivity index (χ4n) is 2.87. The zero-order valence-electron chi connectivity index (χ0n) is 15.5. The third kappa shape index (κ3) is 5.24. The molecule has 3 rings (SSSR count). The predicted molar refractivity (Wildman–Crippen MR) is 102 cm³/mol. The minimum Gasteiger partial charge on any atom is -0.370 e. The van der Waals surface area contributed by atoms with E-state index in [1.165, 1.54) is 0 Å². The first kappa shape index (κ1) is 19.2. The van der Waals surface area contributed by atoms with Crippen molar-refractivity contribution in [2.45, 2.75) is 50.3 Å². The van der Waals surface area contributed by atoms with E-state index in [2.05, 4.69) is 0 Å². The second-order valence-electron chi connectivity index (χ2n) is 7.03. The summed E-state index contributed by atoms with van der Waals surface area (Å²) in [6.45, 7) is 6.69. The standard InChI is InChI=1S/C21H26O4S/c1-16-9-11-18(12-10-16)26(22)15-20(19-14-24-21(2,3)25-19)23-13-17-7-5-4-6-8-17/h4-12,19-20H,13-15H2,1-3H3/t19-,20+,26-/m1/s1. The van der Waals surface area contributed by atoms with Crippen LogP contribution in [0.2, 0.25) is 0 Å². The Morgan fingerprint density at radius 1 is 1.15 bits per heavy atom. The minimum absolute atomic E-state index is 0.233. The molecule has 0 unspecified atom stereocenters. The molecule has 3 atom stereocenters. The largest absolute Gasteiger partial charge is 0.370 e. The highest BCUT2D eigenvalue weighted by atomic mass is 32.2. The number of benzene rings is 2. The third-order valence-electron chi connectivity index (χ3n) is 4.35. The molecule has 2 aromatic rings. The van der Waals surface area contributed by atoms with Crippen LogP contribution in [0.3, 0.4) is 0 Å². The van der Waals surface area contributed by atoms with Crippen molar-refractivity contribution in [3.05, 3.63) is 65.7 Å². The summed E-state index contributed by atoms with van der Waals surface area (Å²) < 4.78 is 30.6. The zero-order valence-corrected chi connectivity index (χ0v) is 16.3. The number of hydrogen-bond acceptors (Lipinski definition) is 4. The van der Waals surface area contributed by atoms with E-state index in [9.17, 15) is 4.21 Å². The SMILES string of the molecule is Cc1ccc([S@](=O)C[C@H](OCc2ccccc2)[C@H]2COC(C)(C)O2)cc1. The number of hydrogen-bond donors (Lipinski definition) is 0. The maximum absolute atomic E-state index is 12.8. The van der Waals surface area contributed by atoms with Crippen LogP contribution in [0.15, 0.2) is 59.5 Å². The monoisotopic (exact) mass is 374 g/mol. The lowest BCUT2D eigenvalue weighted by Crippen LogP contribution is -2.37. The van der Waals surface area contributed by atoms with Crippen molar-refractivity contribution >= 4 is 10.8 Å². The first-order chi connectivity index (χ1) is 12.4. The molecule has 1 aliphatic rings. The molecule has 0 spiro atoms. The molecule has 1 heterocycles. The second kappa shape index (κ2) is 8.44. The highest BCUT2D eigenvalue weighted by molar-refractivity contribution is 7.85. The van der Waals surface area contributed by atoms with Gasteiger partial charge < -0.3 is 14.2 Å². The van der Waals surface area contributed by atoms with Gasteiger partial charge in [-0.25, -0.2) is 0 Å². The van der Waals surface area contributed by atoms with Crippen LogP contribution in [-0.2, 0) is 31.6 Å². The van der Waals surface area contributed by atoms with Gasteiger partial charge in [-0.1, -0.05) is 48.0 Å². The summed E-state index contributed by atoms with van der Waals surface area (Å²) in [4.78, 5) is 0.807. The van der Waals surface area contributed by atoms with Crippen LogP contribution in [0.1, 0.15) is 25.0 Å². The van der Waals surface area contributed by atoms with Gasteiger partial charge in [-0.2, -0.15) is 0 Å². The first-order valence-corrected chi connectivity index (χ1v) is 10.2. The highest BCUT2D eigenvalue weighted by Gasteiger charge is 2.38. The average molecular weight is 375 g/mol. The minimum atomic E-state index is -1.16. The van der Waals surface area contributed by atoms with Crippen molar-refractivity contribution in [2.24, 2.45) is 0 Å². The van der Waals surface area contributed by atoms with Crippen LogP contribution in [0, 0.1) is 6.92 Å². The predicted octanol–water partition coefficient (Wildman–Crippen LogP) is 3.84. The Hall–Kier alpha value is -1.53. The summed E-state index contributed by atoms with van der Waals surface area (Å²) in [6, 6.07) is 17.8. The van der Waals surface area contributed by atoms with Crippen molar-refractivity contribution < 1.29 is 18.4 Å². The molecule has 140 valence electrons. The summed E-state index contributed by atoms with van der Waals surface area (Å²) in [5, 5.41) is 0. The van der Waals surface area contributed by atoms with Gasteiger partial charge in [0.1, 0.15) is 6.10 Å². The van der Waals surface area contributed by atoms with Crippen molar-refractivity contribution in [2.75, 3.05) is 12.4 Å². The van der Waals surface area contributed by atoms with Crippen LogP contribution in [0.4, 0.5) is 0 Å². The summed E-state index contributed by atoms with van der Waals surface area (Å²) in [5.41, 5.74) is 2.23. The van der Waals surface area contributed by atoms with Gasteiger partial charge >= 0.3 is 0 Å². The molecule has 2 aromatic carbocycles. The Labute approximate surface area is 157 Å². The van der Waals surface area contributed by atoms with E-state index < -0.39 is 16.6 Å². The van der Waals surface area contributed by atoms with Gasteiger partial charge in [0.2, 0.25) is 0 Å². The third-order valence-corrected chi connectivity index (χ3v) is 5.78. The van der Waals surface area contributed by atoms with E-state index in [1.54, 1.807) is 0 Å². The fraction of sp³-hybridized carbons (Fsp3) is 0.429. The summed E-state index contributed by atoms with van der Waals surface area (Å²) in [6.07, 6.45) is -0.540. The molecule has 1 saturated heterocycles. The molecular formula is C21H26O4S. The molecule has 0 radical (unpaired) electrons. The molecule has 0 N–H and O–H groups in total. The molecule has 0 aromatic heterocycles. The van der Waals surface area contributed by atoms with E-state index in [0.717, 1.165) is 16.0 Å². The topological polar surface area (TPSA) is 44.8 Å². The lowest BCUT2D eigenvalue weighted by Gasteiger charge is -2.24. The molecular weight excluding hydrogens is 348 g/mol. The van der Waals surface area contributed by atoms with E-state index in [0.29, 0.717) is 19.0 Å². The van der Waals surface area contributed by atoms with Gasteiger partial charge in [0.15, 0.2) is 5.79 Å². The number of ether oxygens (including phenoxy) is 3. The summed E-state index contributed by atoms with van der Waals surface area (Å²) in [5.74, 6) is -0.260. The lowest BCUT2D eigenvalue weighted by atomic mass is 10.2. The van der Waals surface area contributed by atoms with E-state index in [1.807, 2.05) is 75.4 Å². The van der Waals surface area contributed by atoms with Crippen molar-refractivity contribution in [1.29, 1.82) is 0 Å². The lowest BCUT2D eigenvalue weighted by molar-refractivity contribution is -0.155. The molecule has 0 bridgehead atoms.